The lowest BCUT2D eigenvalue weighted by Crippen LogP contribution is -2.48. The van der Waals surface area contributed by atoms with Crippen molar-refractivity contribution in [3.05, 3.63) is 5.51 Å². The molecule has 0 atom stereocenters. The average molecular weight is 223 g/mol. The summed E-state index contributed by atoms with van der Waals surface area (Å²) in [5.41, 5.74) is 3.57. The highest BCUT2D eigenvalue weighted by Crippen LogP contribution is 2.04. The monoisotopic (exact) mass is 223 g/mol. The molecule has 0 aliphatic carbocycles. The molecule has 0 radical (unpaired) electrons. The van der Waals surface area contributed by atoms with Crippen LogP contribution < -0.4 is 15.4 Å². The molecule has 0 aromatic carbocycles. The lowest BCUT2D eigenvalue weighted by atomic mass is 10.8. The molecule has 0 bridgehead atoms. The van der Waals surface area contributed by atoms with Crippen LogP contribution in [0.4, 0.5) is 0 Å². The van der Waals surface area contributed by atoms with Crippen molar-refractivity contribution in [1.82, 2.24) is 5.10 Å². The Bertz CT molecular complexity index is 422. The lowest BCUT2D eigenvalue weighted by Gasteiger charge is -1.85. The zero-order valence-corrected chi connectivity index (χ0v) is 8.22. The third kappa shape index (κ3) is 2.72. The molecule has 1 amide bonds. The normalized spacial score (nSPS) is 11.2. The van der Waals surface area contributed by atoms with Gasteiger partial charge in [0.05, 0.1) is 5.10 Å². The van der Waals surface area contributed by atoms with Crippen LogP contribution in [-0.4, -0.2) is 19.4 Å². The summed E-state index contributed by atoms with van der Waals surface area (Å²) in [7, 11) is -3.78. The predicted molar refractivity (Wildman–Crippen MR) is 43.7 cm³/mol. The van der Waals surface area contributed by atoms with E-state index >= 15 is 0 Å². The van der Waals surface area contributed by atoms with E-state index in [0.29, 0.717) is 0 Å². The number of rotatable bonds is 2. The largest absolute Gasteiger partial charge is 0.298 e. The number of carbonyl (C=O) groups is 1. The number of sulfonamides is 1. The van der Waals surface area contributed by atoms with Gasteiger partial charge in [-0.2, -0.15) is 0 Å². The van der Waals surface area contributed by atoms with E-state index < -0.39 is 10.0 Å². The number of primary sulfonamides is 1. The van der Waals surface area contributed by atoms with Crippen LogP contribution in [0, 0.1) is 0 Å². The van der Waals surface area contributed by atoms with Crippen LogP contribution in [0.15, 0.2) is 9.85 Å². The number of carbonyl (C=O) groups excluding carboxylic acids is 1. The maximum atomic E-state index is 10.7. The molecule has 0 aliphatic rings. The molecular formula is C4H7N4O3S2+. The first kappa shape index (κ1) is 10.0. The van der Waals surface area contributed by atoms with E-state index in [1.54, 1.807) is 0 Å². The van der Waals surface area contributed by atoms with E-state index in [0.717, 1.165) is 16.1 Å². The number of amides is 1. The van der Waals surface area contributed by atoms with Crippen molar-refractivity contribution in [3.8, 4) is 0 Å². The maximum absolute atomic E-state index is 10.7. The minimum atomic E-state index is -3.78. The van der Waals surface area contributed by atoms with Gasteiger partial charge in [0.15, 0.2) is 0 Å². The minimum absolute atomic E-state index is 0.249. The van der Waals surface area contributed by atoms with E-state index in [-0.39, 0.29) is 10.2 Å². The Labute approximate surface area is 78.2 Å². The highest BCUT2D eigenvalue weighted by molar-refractivity contribution is 7.91. The van der Waals surface area contributed by atoms with Gasteiger partial charge < -0.3 is 0 Å². The van der Waals surface area contributed by atoms with Crippen molar-refractivity contribution in [2.45, 2.75) is 11.3 Å². The number of nitrogens with zero attached hydrogens (tertiary/aromatic N) is 2. The molecule has 3 N–H and O–H groups in total. The number of hydrogen-bond donors (Lipinski definition) is 2. The Balaban J connectivity index is 2.94. The molecule has 9 heteroatoms. The average Bonchev–Trinajstić information content (AvgIpc) is 2.32. The smallest absolute Gasteiger partial charge is 0.270 e. The first-order valence-electron chi connectivity index (χ1n) is 3.07. The van der Waals surface area contributed by atoms with Crippen molar-refractivity contribution in [3.63, 3.8) is 0 Å². The summed E-state index contributed by atoms with van der Waals surface area (Å²) in [5, 5.41) is 8.31. The number of nitrogens with two attached hydrogens (primary N) is 1. The maximum Gasteiger partial charge on any atom is 0.298 e. The topological polar surface area (TPSA) is 106 Å². The van der Waals surface area contributed by atoms with E-state index in [4.69, 9.17) is 5.14 Å². The van der Waals surface area contributed by atoms with Gasteiger partial charge in [0.2, 0.25) is 0 Å². The lowest BCUT2D eigenvalue weighted by molar-refractivity contribution is -0.700. The third-order valence-corrected chi connectivity index (χ3v) is 3.10. The quantitative estimate of drug-likeness (QED) is 0.575. The van der Waals surface area contributed by atoms with Crippen LogP contribution in [0.25, 0.3) is 0 Å². The molecule has 1 aromatic rings. The van der Waals surface area contributed by atoms with E-state index in [2.05, 4.69) is 10.5 Å². The summed E-state index contributed by atoms with van der Waals surface area (Å²) in [4.78, 5) is 11.5. The molecule has 7 nitrogen and oxygen atoms in total. The molecule has 1 heterocycles. The second kappa shape index (κ2) is 3.36. The number of aromatic nitrogens is 2. The second-order valence-corrected chi connectivity index (χ2v) is 4.72. The van der Waals surface area contributed by atoms with Crippen molar-refractivity contribution < 1.29 is 18.0 Å². The number of hydrogen-bond acceptors (Lipinski definition) is 5. The molecule has 13 heavy (non-hydrogen) atoms. The van der Waals surface area contributed by atoms with Crippen LogP contribution in [0.1, 0.15) is 6.92 Å². The molecule has 72 valence electrons. The van der Waals surface area contributed by atoms with Crippen molar-refractivity contribution in [2.24, 2.45) is 5.14 Å². The first-order valence-corrected chi connectivity index (χ1v) is 5.50. The van der Waals surface area contributed by atoms with Gasteiger partial charge in [0, 0.05) is 11.7 Å². The molecule has 0 saturated heterocycles. The first-order chi connectivity index (χ1) is 5.89. The van der Waals surface area contributed by atoms with Gasteiger partial charge in [-0.3, -0.25) is 4.79 Å². The molecule has 0 spiro atoms. The summed E-state index contributed by atoms with van der Waals surface area (Å²) in [6.45, 7) is 1.28. The van der Waals surface area contributed by atoms with Gasteiger partial charge in [-0.25, -0.2) is 13.6 Å². The zero-order valence-electron chi connectivity index (χ0n) is 6.59. The van der Waals surface area contributed by atoms with Crippen LogP contribution in [0.3, 0.4) is 0 Å². The van der Waals surface area contributed by atoms with Crippen LogP contribution in [0.5, 0.6) is 0 Å². The Morgan fingerprint density at radius 3 is 2.77 bits per heavy atom. The van der Waals surface area contributed by atoms with Crippen LogP contribution in [-0.2, 0) is 14.8 Å². The van der Waals surface area contributed by atoms with Gasteiger partial charge in [0.1, 0.15) is 0 Å². The molecular weight excluding hydrogens is 216 g/mol. The van der Waals surface area contributed by atoms with Crippen LogP contribution in [0.2, 0.25) is 0 Å². The Morgan fingerprint density at radius 1 is 1.77 bits per heavy atom. The Kier molecular flexibility index (Phi) is 2.59. The van der Waals surface area contributed by atoms with Gasteiger partial charge in [-0.1, -0.05) is 5.43 Å². The predicted octanol–water partition coefficient (Wildman–Crippen LogP) is -1.83. The highest BCUT2D eigenvalue weighted by atomic mass is 32.2. The molecule has 0 aliphatic heterocycles. The molecule has 1 rings (SSSR count). The summed E-state index contributed by atoms with van der Waals surface area (Å²) in [5.74, 6) is -0.351. The van der Waals surface area contributed by atoms with Crippen LogP contribution >= 0.6 is 11.3 Å². The van der Waals surface area contributed by atoms with Gasteiger partial charge in [-0.05, 0) is 11.3 Å². The minimum Gasteiger partial charge on any atom is -0.270 e. The summed E-state index contributed by atoms with van der Waals surface area (Å²) in [6.07, 6.45) is 0. The van der Waals surface area contributed by atoms with Gasteiger partial charge in [-0.15, -0.1) is 0 Å². The van der Waals surface area contributed by atoms with E-state index in [1.807, 2.05) is 0 Å². The fourth-order valence-corrected chi connectivity index (χ4v) is 1.86. The summed E-state index contributed by atoms with van der Waals surface area (Å²) in [6, 6.07) is 0. The van der Waals surface area contributed by atoms with Crippen molar-refractivity contribution in [2.75, 3.05) is 5.43 Å². The summed E-state index contributed by atoms with van der Waals surface area (Å²) < 4.78 is 21.2. The van der Waals surface area contributed by atoms with E-state index in [9.17, 15) is 13.2 Å². The summed E-state index contributed by atoms with van der Waals surface area (Å²) >= 11 is 0.823. The Morgan fingerprint density at radius 2 is 2.38 bits per heavy atom. The van der Waals surface area contributed by atoms with Crippen molar-refractivity contribution >= 4 is 27.3 Å². The van der Waals surface area contributed by atoms with Gasteiger partial charge >= 0.3 is 0 Å². The standard InChI is InChI=1S/C4H6N4O3S2/c1-3(9)6-8-2-12-4(7-8)13(5,10)11/h2H,1H3,(H2-,5,6,9,10,11)/p+1. The second-order valence-electron chi connectivity index (χ2n) is 2.15. The fraction of sp³-hybridized carbons (Fsp3) is 0.250. The highest BCUT2D eigenvalue weighted by Gasteiger charge is 2.19. The van der Waals surface area contributed by atoms with E-state index in [1.165, 1.54) is 12.4 Å². The molecule has 0 saturated carbocycles. The SMILES string of the molecule is CC(=O)N[n+]1csc(S(N)(=O)=O)n1. The Hall–Kier alpha value is -1.06. The third-order valence-electron chi connectivity index (χ3n) is 0.958. The van der Waals surface area contributed by atoms with Gasteiger partial charge in [0.25, 0.3) is 25.8 Å². The molecule has 0 unspecified atom stereocenters. The molecule has 0 fully saturated rings. The zero-order chi connectivity index (χ0) is 10.1. The fourth-order valence-electron chi connectivity index (χ4n) is 0.567. The molecule has 1 aromatic heterocycles. The van der Waals surface area contributed by atoms with Crippen molar-refractivity contribution in [1.29, 1.82) is 0 Å². The number of nitrogens with one attached hydrogen (secondary N) is 1.